The summed E-state index contributed by atoms with van der Waals surface area (Å²) >= 11 is 6.20. The zero-order valence-corrected chi connectivity index (χ0v) is 11.1. The van der Waals surface area contributed by atoms with Crippen molar-refractivity contribution in [1.29, 1.82) is 0 Å². The van der Waals surface area contributed by atoms with E-state index in [4.69, 9.17) is 11.6 Å². The molecular formula is C18H12Cl. The summed E-state index contributed by atoms with van der Waals surface area (Å²) in [5, 5.41) is 0.756. The maximum atomic E-state index is 6.20. The summed E-state index contributed by atoms with van der Waals surface area (Å²) in [7, 11) is 0. The first kappa shape index (κ1) is 12.0. The van der Waals surface area contributed by atoms with Gasteiger partial charge in [0.25, 0.3) is 0 Å². The van der Waals surface area contributed by atoms with Crippen LogP contribution in [0.1, 0.15) is 0 Å². The van der Waals surface area contributed by atoms with Crippen molar-refractivity contribution in [3.8, 4) is 22.3 Å². The van der Waals surface area contributed by atoms with Crippen LogP contribution >= 0.6 is 11.6 Å². The summed E-state index contributed by atoms with van der Waals surface area (Å²) in [6, 6.07) is 27.4. The van der Waals surface area contributed by atoms with Crippen molar-refractivity contribution in [3.63, 3.8) is 0 Å². The van der Waals surface area contributed by atoms with Crippen LogP contribution in [-0.4, -0.2) is 0 Å². The van der Waals surface area contributed by atoms with Gasteiger partial charge in [-0.25, -0.2) is 0 Å². The molecule has 1 radical (unpaired) electrons. The predicted molar refractivity (Wildman–Crippen MR) is 81.2 cm³/mol. The van der Waals surface area contributed by atoms with E-state index in [0.717, 1.165) is 16.1 Å². The Kier molecular flexibility index (Phi) is 3.35. The molecule has 0 unspecified atom stereocenters. The third kappa shape index (κ3) is 2.54. The molecular weight excluding hydrogens is 252 g/mol. The lowest BCUT2D eigenvalue weighted by Gasteiger charge is -2.06. The molecule has 0 bridgehead atoms. The minimum atomic E-state index is 0.756. The molecule has 0 fully saturated rings. The maximum Gasteiger partial charge on any atom is 0.0484 e. The van der Waals surface area contributed by atoms with Gasteiger partial charge in [0.05, 0.1) is 0 Å². The minimum absolute atomic E-state index is 0.756. The fourth-order valence-corrected chi connectivity index (χ4v) is 2.33. The fourth-order valence-electron chi connectivity index (χ4n) is 2.11. The van der Waals surface area contributed by atoms with Gasteiger partial charge in [-0.3, -0.25) is 0 Å². The summed E-state index contributed by atoms with van der Waals surface area (Å²) < 4.78 is 0. The minimum Gasteiger partial charge on any atom is -0.0837 e. The second-order valence-electron chi connectivity index (χ2n) is 4.35. The molecule has 3 rings (SSSR count). The highest BCUT2D eigenvalue weighted by molar-refractivity contribution is 6.33. The van der Waals surface area contributed by atoms with E-state index in [9.17, 15) is 0 Å². The maximum absolute atomic E-state index is 6.20. The van der Waals surface area contributed by atoms with Crippen molar-refractivity contribution in [3.05, 3.63) is 83.9 Å². The molecule has 0 saturated heterocycles. The van der Waals surface area contributed by atoms with Gasteiger partial charge in [0.15, 0.2) is 0 Å². The largest absolute Gasteiger partial charge is 0.0837 e. The van der Waals surface area contributed by atoms with Crippen molar-refractivity contribution in [2.45, 2.75) is 0 Å². The van der Waals surface area contributed by atoms with Crippen LogP contribution in [-0.2, 0) is 0 Å². The van der Waals surface area contributed by atoms with E-state index in [-0.39, 0.29) is 0 Å². The van der Waals surface area contributed by atoms with Crippen LogP contribution in [0, 0.1) is 6.07 Å². The average Bonchev–Trinajstić information content (AvgIpc) is 2.49. The van der Waals surface area contributed by atoms with Crippen LogP contribution in [0.5, 0.6) is 0 Å². The molecule has 0 atom stereocenters. The van der Waals surface area contributed by atoms with E-state index >= 15 is 0 Å². The molecule has 0 aliphatic rings. The first-order chi connectivity index (χ1) is 9.34. The van der Waals surface area contributed by atoms with E-state index in [2.05, 4.69) is 42.5 Å². The van der Waals surface area contributed by atoms with Gasteiger partial charge < -0.3 is 0 Å². The van der Waals surface area contributed by atoms with E-state index in [1.54, 1.807) is 0 Å². The first-order valence-electron chi connectivity index (χ1n) is 6.16. The van der Waals surface area contributed by atoms with Crippen molar-refractivity contribution in [1.82, 2.24) is 0 Å². The average molecular weight is 264 g/mol. The summed E-state index contributed by atoms with van der Waals surface area (Å²) in [5.74, 6) is 0. The van der Waals surface area contributed by atoms with Crippen LogP contribution in [0.25, 0.3) is 22.3 Å². The summed E-state index contributed by atoms with van der Waals surface area (Å²) in [6.45, 7) is 0. The second-order valence-corrected chi connectivity index (χ2v) is 4.76. The van der Waals surface area contributed by atoms with Crippen LogP contribution in [0.3, 0.4) is 0 Å². The zero-order chi connectivity index (χ0) is 13.1. The molecule has 0 aliphatic heterocycles. The standard InChI is InChI=1S/C18H12Cl/c19-18-9-5-4-8-17(18)16-12-10-15(11-13-16)14-6-2-1-3-7-14/h1-3,5-13H. The van der Waals surface area contributed by atoms with Crippen molar-refractivity contribution >= 4 is 11.6 Å². The normalized spacial score (nSPS) is 10.4. The quantitative estimate of drug-likeness (QED) is 0.575. The number of hydrogen-bond acceptors (Lipinski definition) is 0. The third-order valence-electron chi connectivity index (χ3n) is 3.11. The second kappa shape index (κ2) is 5.29. The Balaban J connectivity index is 1.98. The molecule has 0 aliphatic carbocycles. The summed E-state index contributed by atoms with van der Waals surface area (Å²) in [5.41, 5.74) is 4.56. The highest BCUT2D eigenvalue weighted by Gasteiger charge is 2.03. The molecule has 0 nitrogen and oxygen atoms in total. The fraction of sp³-hybridized carbons (Fsp3) is 0. The van der Waals surface area contributed by atoms with Gasteiger partial charge in [0.1, 0.15) is 0 Å². The number of hydrogen-bond donors (Lipinski definition) is 0. The monoisotopic (exact) mass is 263 g/mol. The Hall–Kier alpha value is -2.05. The topological polar surface area (TPSA) is 0 Å². The Morgan fingerprint density at radius 3 is 2.00 bits per heavy atom. The first-order valence-corrected chi connectivity index (χ1v) is 6.54. The van der Waals surface area contributed by atoms with E-state index in [1.807, 2.05) is 36.4 Å². The Morgan fingerprint density at radius 1 is 0.684 bits per heavy atom. The van der Waals surface area contributed by atoms with E-state index in [1.165, 1.54) is 11.1 Å². The molecule has 0 spiro atoms. The highest BCUT2D eigenvalue weighted by Crippen LogP contribution is 2.29. The molecule has 0 saturated carbocycles. The lowest BCUT2D eigenvalue weighted by atomic mass is 10.0. The molecule has 0 aromatic heterocycles. The smallest absolute Gasteiger partial charge is 0.0484 e. The zero-order valence-electron chi connectivity index (χ0n) is 10.3. The van der Waals surface area contributed by atoms with Crippen LogP contribution < -0.4 is 0 Å². The summed E-state index contributed by atoms with van der Waals surface area (Å²) in [4.78, 5) is 0. The lowest BCUT2D eigenvalue weighted by molar-refractivity contribution is 1.58. The summed E-state index contributed by atoms with van der Waals surface area (Å²) in [6.07, 6.45) is 0. The number of halogens is 1. The van der Waals surface area contributed by atoms with Crippen molar-refractivity contribution in [2.75, 3.05) is 0 Å². The van der Waals surface area contributed by atoms with E-state index < -0.39 is 0 Å². The van der Waals surface area contributed by atoms with Gasteiger partial charge in [-0.1, -0.05) is 72.3 Å². The Morgan fingerprint density at radius 2 is 1.32 bits per heavy atom. The number of benzene rings is 3. The Labute approximate surface area is 118 Å². The molecule has 3 aromatic rings. The van der Waals surface area contributed by atoms with Crippen molar-refractivity contribution < 1.29 is 0 Å². The van der Waals surface area contributed by atoms with Gasteiger partial charge >= 0.3 is 0 Å². The third-order valence-corrected chi connectivity index (χ3v) is 3.44. The van der Waals surface area contributed by atoms with Crippen LogP contribution in [0.4, 0.5) is 0 Å². The predicted octanol–water partition coefficient (Wildman–Crippen LogP) is 5.47. The SMILES string of the molecule is Clc1cc[c]cc1-c1ccc(-c2ccccc2)cc1. The van der Waals surface area contributed by atoms with Crippen molar-refractivity contribution in [2.24, 2.45) is 0 Å². The molecule has 0 amide bonds. The molecule has 1 heteroatoms. The molecule has 91 valence electrons. The highest BCUT2D eigenvalue weighted by atomic mass is 35.5. The molecule has 0 N–H and O–H groups in total. The van der Waals surface area contributed by atoms with Gasteiger partial charge in [0, 0.05) is 10.6 Å². The van der Waals surface area contributed by atoms with Gasteiger partial charge in [-0.15, -0.1) is 0 Å². The van der Waals surface area contributed by atoms with Crippen LogP contribution in [0.15, 0.2) is 72.8 Å². The molecule has 19 heavy (non-hydrogen) atoms. The lowest BCUT2D eigenvalue weighted by Crippen LogP contribution is -1.81. The van der Waals surface area contributed by atoms with Gasteiger partial charge in [-0.05, 0) is 34.9 Å². The Bertz CT molecular complexity index is 670. The van der Waals surface area contributed by atoms with Crippen LogP contribution in [0.2, 0.25) is 5.02 Å². The number of rotatable bonds is 2. The molecule has 0 heterocycles. The van der Waals surface area contributed by atoms with Gasteiger partial charge in [-0.2, -0.15) is 0 Å². The van der Waals surface area contributed by atoms with E-state index in [0.29, 0.717) is 0 Å². The molecule has 3 aromatic carbocycles. The van der Waals surface area contributed by atoms with Gasteiger partial charge in [0.2, 0.25) is 0 Å².